The third-order valence-electron chi connectivity index (χ3n) is 4.35. The summed E-state index contributed by atoms with van der Waals surface area (Å²) in [7, 11) is 0. The number of hydrogen-bond donors (Lipinski definition) is 0. The van der Waals surface area contributed by atoms with Gasteiger partial charge in [-0.15, -0.1) is 13.2 Å². The zero-order valence-electron chi connectivity index (χ0n) is 12.5. The lowest BCUT2D eigenvalue weighted by molar-refractivity contribution is -0.276. The predicted molar refractivity (Wildman–Crippen MR) is 77.7 cm³/mol. The maximum atomic E-state index is 14.5. The molecule has 3 rings (SSSR count). The van der Waals surface area contributed by atoms with Crippen LogP contribution in [0.3, 0.4) is 0 Å². The minimum Gasteiger partial charge on any atom is -0.486 e. The van der Waals surface area contributed by atoms with Crippen LogP contribution < -0.4 is 9.47 Å². The molecule has 1 aromatic rings. The summed E-state index contributed by atoms with van der Waals surface area (Å²) in [6.07, 6.45) is 3.92. The van der Waals surface area contributed by atoms with Crippen LogP contribution in [0.2, 0.25) is 0 Å². The van der Waals surface area contributed by atoms with Crippen molar-refractivity contribution in [2.45, 2.75) is 51.0 Å². The zero-order valence-corrected chi connectivity index (χ0v) is 12.5. The molecular weight excluding hydrogens is 312 g/mol. The number of benzene rings is 1. The highest BCUT2D eigenvalue weighted by Gasteiger charge is 2.35. The fourth-order valence-electron chi connectivity index (χ4n) is 2.53. The van der Waals surface area contributed by atoms with Crippen LogP contribution in [0.1, 0.15) is 44.1 Å². The van der Waals surface area contributed by atoms with E-state index in [1.165, 1.54) is 18.2 Å². The van der Waals surface area contributed by atoms with E-state index in [1.807, 2.05) is 6.08 Å². The Kier molecular flexibility index (Phi) is 4.50. The Hall–Kier alpha value is -1.72. The highest BCUT2D eigenvalue weighted by molar-refractivity contribution is 5.57. The van der Waals surface area contributed by atoms with Gasteiger partial charge in [-0.05, 0) is 50.2 Å². The van der Waals surface area contributed by atoms with Gasteiger partial charge in [0, 0.05) is 5.56 Å². The highest BCUT2D eigenvalue weighted by Crippen LogP contribution is 2.39. The molecule has 0 aliphatic heterocycles. The molecule has 0 atom stereocenters. The Balaban J connectivity index is 1.86. The number of hydrogen-bond acceptors (Lipinski definition) is 2. The molecule has 2 aliphatic carbocycles. The smallest absolute Gasteiger partial charge is 0.486 e. The summed E-state index contributed by atoms with van der Waals surface area (Å²) in [4.78, 5) is 0. The molecule has 0 bridgehead atoms. The number of halogens is 4. The van der Waals surface area contributed by atoms with E-state index >= 15 is 0 Å². The summed E-state index contributed by atoms with van der Waals surface area (Å²) in [5.74, 6) is -1.72. The Morgan fingerprint density at radius 1 is 1.04 bits per heavy atom. The average molecular weight is 330 g/mol. The monoisotopic (exact) mass is 330 g/mol. The molecule has 0 spiro atoms. The van der Waals surface area contributed by atoms with Crippen LogP contribution in [0.5, 0.6) is 11.5 Å². The van der Waals surface area contributed by atoms with E-state index in [9.17, 15) is 17.6 Å². The first-order valence-electron chi connectivity index (χ1n) is 7.85. The lowest BCUT2D eigenvalue weighted by atomic mass is 9.85. The number of alkyl halides is 3. The van der Waals surface area contributed by atoms with E-state index in [-0.39, 0.29) is 17.4 Å². The van der Waals surface area contributed by atoms with Gasteiger partial charge in [-0.25, -0.2) is 4.39 Å². The summed E-state index contributed by atoms with van der Waals surface area (Å²) in [5.41, 5.74) is 0.0807. The third kappa shape index (κ3) is 3.98. The Bertz CT molecular complexity index is 587. The predicted octanol–water partition coefficient (Wildman–Crippen LogP) is 5.47. The molecule has 6 heteroatoms. The maximum Gasteiger partial charge on any atom is 0.573 e. The topological polar surface area (TPSA) is 18.5 Å². The molecule has 2 saturated carbocycles. The third-order valence-corrected chi connectivity index (χ3v) is 4.35. The van der Waals surface area contributed by atoms with Crippen LogP contribution in [0.15, 0.2) is 18.2 Å². The molecule has 23 heavy (non-hydrogen) atoms. The lowest BCUT2D eigenvalue weighted by Crippen LogP contribution is -2.26. The van der Waals surface area contributed by atoms with Crippen molar-refractivity contribution in [2.75, 3.05) is 0 Å². The minimum absolute atomic E-state index is 0.0807. The largest absolute Gasteiger partial charge is 0.573 e. The molecule has 2 fully saturated rings. The van der Waals surface area contributed by atoms with Crippen LogP contribution >= 0.6 is 0 Å². The molecule has 0 heterocycles. The number of rotatable bonds is 5. The fraction of sp³-hybridized carbons (Fsp3) is 0.529. The van der Waals surface area contributed by atoms with Crippen LogP contribution in [-0.2, 0) is 0 Å². The van der Waals surface area contributed by atoms with Gasteiger partial charge in [0.2, 0.25) is 5.75 Å². The molecule has 2 aliphatic rings. The summed E-state index contributed by atoms with van der Waals surface area (Å²) in [6.45, 7) is 0. The molecule has 126 valence electrons. The number of allylic oxidation sites excluding steroid dienone is 1. The lowest BCUT2D eigenvalue weighted by Gasteiger charge is -2.27. The maximum absolute atomic E-state index is 14.5. The van der Waals surface area contributed by atoms with E-state index in [0.717, 1.165) is 38.5 Å². The fourth-order valence-corrected chi connectivity index (χ4v) is 2.53. The average Bonchev–Trinajstić information content (AvgIpc) is 2.36. The Labute approximate surface area is 132 Å². The molecule has 0 unspecified atom stereocenters. The Morgan fingerprint density at radius 2 is 1.74 bits per heavy atom. The second kappa shape index (κ2) is 6.42. The van der Waals surface area contributed by atoms with E-state index < -0.39 is 17.9 Å². The van der Waals surface area contributed by atoms with Crippen molar-refractivity contribution in [1.82, 2.24) is 0 Å². The van der Waals surface area contributed by atoms with Gasteiger partial charge in [-0.3, -0.25) is 0 Å². The van der Waals surface area contributed by atoms with Gasteiger partial charge in [0.05, 0.1) is 6.10 Å². The van der Waals surface area contributed by atoms with Gasteiger partial charge in [0.25, 0.3) is 0 Å². The zero-order chi connectivity index (χ0) is 16.4. The minimum atomic E-state index is -4.96. The second-order valence-corrected chi connectivity index (χ2v) is 6.06. The molecule has 0 saturated heterocycles. The van der Waals surface area contributed by atoms with Gasteiger partial charge < -0.3 is 9.47 Å². The van der Waals surface area contributed by atoms with Crippen LogP contribution in [0.4, 0.5) is 17.6 Å². The van der Waals surface area contributed by atoms with Crippen molar-refractivity contribution in [3.05, 3.63) is 29.6 Å². The Morgan fingerprint density at radius 3 is 2.26 bits per heavy atom. The normalized spacial score (nSPS) is 19.5. The summed E-state index contributed by atoms with van der Waals surface area (Å²) in [5, 5.41) is 0. The molecule has 0 radical (unpaired) electrons. The molecule has 1 aromatic carbocycles. The molecule has 2 nitrogen and oxygen atoms in total. The quantitative estimate of drug-likeness (QED) is 0.667. The molecule has 0 aromatic heterocycles. The van der Waals surface area contributed by atoms with Crippen molar-refractivity contribution in [3.8, 4) is 11.5 Å². The summed E-state index contributed by atoms with van der Waals surface area (Å²) in [6, 6.07) is 2.78. The van der Waals surface area contributed by atoms with Crippen molar-refractivity contribution < 1.29 is 27.0 Å². The van der Waals surface area contributed by atoms with Crippen molar-refractivity contribution in [2.24, 2.45) is 5.92 Å². The standard InChI is InChI=1S/C17H18F4O2/c18-15-12(8-7-11-3-1-4-11)9-10-14(22-13-5-2-6-13)16(15)23-17(19,20)21/h7-11,13H,1-6H2/b8-7+. The number of ether oxygens (including phenoxy) is 2. The van der Waals surface area contributed by atoms with Gasteiger partial charge in [0.1, 0.15) is 0 Å². The van der Waals surface area contributed by atoms with Gasteiger partial charge in [-0.2, -0.15) is 0 Å². The van der Waals surface area contributed by atoms with Crippen LogP contribution in [0, 0.1) is 11.7 Å². The second-order valence-electron chi connectivity index (χ2n) is 6.06. The van der Waals surface area contributed by atoms with E-state index in [0.29, 0.717) is 5.92 Å². The summed E-state index contributed by atoms with van der Waals surface area (Å²) >= 11 is 0. The van der Waals surface area contributed by atoms with Crippen LogP contribution in [-0.4, -0.2) is 12.5 Å². The van der Waals surface area contributed by atoms with Crippen LogP contribution in [0.25, 0.3) is 6.08 Å². The SMILES string of the molecule is Fc1c(/C=C/C2CCC2)ccc(OC2CCC2)c1OC(F)(F)F. The van der Waals surface area contributed by atoms with Gasteiger partial charge >= 0.3 is 6.36 Å². The van der Waals surface area contributed by atoms with Gasteiger partial charge in [0.15, 0.2) is 11.6 Å². The molecule has 0 N–H and O–H groups in total. The molecule has 0 amide bonds. The van der Waals surface area contributed by atoms with E-state index in [4.69, 9.17) is 4.74 Å². The van der Waals surface area contributed by atoms with E-state index in [2.05, 4.69) is 4.74 Å². The van der Waals surface area contributed by atoms with Crippen molar-refractivity contribution in [1.29, 1.82) is 0 Å². The van der Waals surface area contributed by atoms with E-state index in [1.54, 1.807) is 0 Å². The van der Waals surface area contributed by atoms with Gasteiger partial charge in [-0.1, -0.05) is 18.6 Å². The first kappa shape index (κ1) is 16.1. The highest BCUT2D eigenvalue weighted by atomic mass is 19.4. The van der Waals surface area contributed by atoms with Crippen molar-refractivity contribution >= 4 is 6.08 Å². The first-order valence-corrected chi connectivity index (χ1v) is 7.85. The molecular formula is C17H18F4O2. The first-order chi connectivity index (χ1) is 10.9. The summed E-state index contributed by atoms with van der Waals surface area (Å²) < 4.78 is 61.5. The van der Waals surface area contributed by atoms with Crippen molar-refractivity contribution in [3.63, 3.8) is 0 Å².